The number of carbonyl (C=O) groups excluding carboxylic acids is 1. The normalized spacial score (nSPS) is 11.1. The first-order chi connectivity index (χ1) is 9.58. The predicted molar refractivity (Wildman–Crippen MR) is 72.4 cm³/mol. The number of nitro benzene ring substituents is 1. The van der Waals surface area contributed by atoms with Crippen LogP contribution in [0.2, 0.25) is 0 Å². The van der Waals surface area contributed by atoms with E-state index in [9.17, 15) is 14.9 Å². The molecule has 0 saturated heterocycles. The Morgan fingerprint density at radius 2 is 2.15 bits per heavy atom. The summed E-state index contributed by atoms with van der Waals surface area (Å²) in [5.74, 6) is 0.0339. The van der Waals surface area contributed by atoms with Crippen molar-refractivity contribution >= 4 is 28.2 Å². The maximum absolute atomic E-state index is 11.4. The summed E-state index contributed by atoms with van der Waals surface area (Å²) in [6.07, 6.45) is 1.83. The number of hydrogen-bond donors (Lipinski definition) is 0. The van der Waals surface area contributed by atoms with Crippen LogP contribution in [0.15, 0.2) is 42.6 Å². The largest absolute Gasteiger partial charge is 0.296 e. The quantitative estimate of drug-likeness (QED) is 0.414. The molecule has 6 heteroatoms. The molecule has 20 heavy (non-hydrogen) atoms. The molecule has 0 aliphatic carbocycles. The van der Waals surface area contributed by atoms with Gasteiger partial charge in [-0.2, -0.15) is 4.40 Å². The molecule has 0 fully saturated rings. The number of benzene rings is 1. The Morgan fingerprint density at radius 1 is 1.35 bits per heavy atom. The summed E-state index contributed by atoms with van der Waals surface area (Å²) >= 11 is 0. The minimum absolute atomic E-state index is 0.0339. The maximum Gasteiger partial charge on any atom is 0.287 e. The molecule has 0 amide bonds. The number of nitrogens with zero attached hydrogens (tertiary/aromatic N) is 3. The molecular weight excluding hydrogens is 258 g/mol. The van der Waals surface area contributed by atoms with E-state index < -0.39 is 4.92 Å². The SMILES string of the molecule is CC(=O)C[n+]1c2ccc([N+](=O)[O-])cc2n2ccccc21. The van der Waals surface area contributed by atoms with Crippen LogP contribution in [0.3, 0.4) is 0 Å². The van der Waals surface area contributed by atoms with E-state index in [0.29, 0.717) is 0 Å². The predicted octanol–water partition coefficient (Wildman–Crippen LogP) is 1.88. The highest BCUT2D eigenvalue weighted by Crippen LogP contribution is 2.20. The number of carbonyl (C=O) groups is 1. The molecule has 2 aromatic heterocycles. The fourth-order valence-electron chi connectivity index (χ4n) is 2.42. The first-order valence-electron chi connectivity index (χ1n) is 6.14. The molecule has 1 aromatic carbocycles. The van der Waals surface area contributed by atoms with Crippen molar-refractivity contribution in [3.8, 4) is 0 Å². The number of ketones is 1. The Hall–Kier alpha value is -2.76. The highest BCUT2D eigenvalue weighted by atomic mass is 16.6. The van der Waals surface area contributed by atoms with E-state index in [2.05, 4.69) is 0 Å². The van der Waals surface area contributed by atoms with Crippen molar-refractivity contribution in [1.29, 1.82) is 0 Å². The summed E-state index contributed by atoms with van der Waals surface area (Å²) in [5.41, 5.74) is 2.39. The number of hydrogen-bond acceptors (Lipinski definition) is 3. The van der Waals surface area contributed by atoms with Crippen molar-refractivity contribution in [3.63, 3.8) is 0 Å². The van der Waals surface area contributed by atoms with Crippen LogP contribution in [-0.4, -0.2) is 15.1 Å². The lowest BCUT2D eigenvalue weighted by Crippen LogP contribution is -2.36. The van der Waals surface area contributed by atoms with E-state index in [1.165, 1.54) is 19.1 Å². The van der Waals surface area contributed by atoms with E-state index in [1.807, 2.05) is 33.4 Å². The molecule has 0 radical (unpaired) electrons. The Kier molecular flexibility index (Phi) is 2.71. The van der Waals surface area contributed by atoms with Gasteiger partial charge in [0.15, 0.2) is 16.8 Å². The fourth-order valence-corrected chi connectivity index (χ4v) is 2.42. The minimum atomic E-state index is -0.420. The molecule has 0 bridgehead atoms. The van der Waals surface area contributed by atoms with Crippen LogP contribution in [0.25, 0.3) is 16.7 Å². The number of aromatic nitrogens is 2. The Morgan fingerprint density at radius 3 is 2.85 bits per heavy atom. The first kappa shape index (κ1) is 12.3. The molecule has 0 unspecified atom stereocenters. The van der Waals surface area contributed by atoms with Crippen molar-refractivity contribution in [3.05, 3.63) is 52.7 Å². The van der Waals surface area contributed by atoms with Crippen LogP contribution in [0.5, 0.6) is 0 Å². The highest BCUT2D eigenvalue weighted by Gasteiger charge is 2.21. The van der Waals surface area contributed by atoms with Crippen molar-refractivity contribution < 1.29 is 14.3 Å². The fraction of sp³-hybridized carbons (Fsp3) is 0.143. The van der Waals surface area contributed by atoms with Crippen molar-refractivity contribution in [1.82, 2.24) is 4.40 Å². The lowest BCUT2D eigenvalue weighted by molar-refractivity contribution is -0.632. The third-order valence-electron chi connectivity index (χ3n) is 3.22. The molecule has 100 valence electrons. The Balaban J connectivity index is 2.40. The summed E-state index contributed by atoms with van der Waals surface area (Å²) in [4.78, 5) is 21.9. The van der Waals surface area contributed by atoms with Gasteiger partial charge in [0.25, 0.3) is 11.3 Å². The van der Waals surface area contributed by atoms with Gasteiger partial charge in [-0.25, -0.2) is 4.57 Å². The van der Waals surface area contributed by atoms with Crippen LogP contribution in [-0.2, 0) is 11.3 Å². The molecule has 6 nitrogen and oxygen atoms in total. The molecule has 0 saturated carbocycles. The van der Waals surface area contributed by atoms with Crippen LogP contribution in [0.1, 0.15) is 6.92 Å². The van der Waals surface area contributed by atoms with Gasteiger partial charge >= 0.3 is 0 Å². The number of non-ortho nitro benzene ring substituents is 1. The van der Waals surface area contributed by atoms with Crippen LogP contribution in [0.4, 0.5) is 5.69 Å². The van der Waals surface area contributed by atoms with Gasteiger partial charge in [-0.3, -0.25) is 14.9 Å². The van der Waals surface area contributed by atoms with Gasteiger partial charge in [-0.15, -0.1) is 0 Å². The molecule has 0 N–H and O–H groups in total. The van der Waals surface area contributed by atoms with E-state index in [-0.39, 0.29) is 18.0 Å². The average molecular weight is 270 g/mol. The van der Waals surface area contributed by atoms with Crippen molar-refractivity contribution in [2.24, 2.45) is 0 Å². The topological polar surface area (TPSA) is 68.5 Å². The number of fused-ring (bicyclic) bond motifs is 3. The lowest BCUT2D eigenvalue weighted by atomic mass is 10.2. The zero-order valence-corrected chi connectivity index (χ0v) is 10.8. The number of Topliss-reactive ketones (excluding diaryl/α,β-unsaturated/α-hetero) is 1. The molecule has 3 rings (SSSR count). The van der Waals surface area contributed by atoms with Gasteiger partial charge in [0.2, 0.25) is 0 Å². The minimum Gasteiger partial charge on any atom is -0.296 e. The van der Waals surface area contributed by atoms with Crippen LogP contribution >= 0.6 is 0 Å². The van der Waals surface area contributed by atoms with Gasteiger partial charge in [0.1, 0.15) is 6.54 Å². The van der Waals surface area contributed by atoms with E-state index in [0.717, 1.165) is 16.7 Å². The van der Waals surface area contributed by atoms with Crippen LogP contribution in [0, 0.1) is 10.1 Å². The molecule has 0 aliphatic heterocycles. The summed E-state index contributed by atoms with van der Waals surface area (Å²) < 4.78 is 3.71. The van der Waals surface area contributed by atoms with Gasteiger partial charge in [-0.1, -0.05) is 6.07 Å². The van der Waals surface area contributed by atoms with Gasteiger partial charge in [-0.05, 0) is 19.1 Å². The molecule has 0 spiro atoms. The van der Waals surface area contributed by atoms with Crippen molar-refractivity contribution in [2.75, 3.05) is 0 Å². The van der Waals surface area contributed by atoms with Gasteiger partial charge in [0.05, 0.1) is 17.2 Å². The van der Waals surface area contributed by atoms with Gasteiger partial charge < -0.3 is 0 Å². The zero-order chi connectivity index (χ0) is 14.3. The van der Waals surface area contributed by atoms with E-state index in [1.54, 1.807) is 6.07 Å². The average Bonchev–Trinajstić information content (AvgIpc) is 2.73. The number of rotatable bonds is 3. The Bertz CT molecular complexity index is 851. The number of pyridine rings is 1. The smallest absolute Gasteiger partial charge is 0.287 e. The second-order valence-electron chi connectivity index (χ2n) is 4.65. The molecular formula is C14H12N3O3+. The maximum atomic E-state index is 11.4. The number of nitro groups is 1. The van der Waals surface area contributed by atoms with Gasteiger partial charge in [0, 0.05) is 12.1 Å². The van der Waals surface area contributed by atoms with E-state index >= 15 is 0 Å². The monoisotopic (exact) mass is 270 g/mol. The number of imidazole rings is 1. The molecule has 0 aliphatic rings. The second kappa shape index (κ2) is 4.41. The second-order valence-corrected chi connectivity index (χ2v) is 4.65. The molecule has 0 atom stereocenters. The third kappa shape index (κ3) is 1.82. The highest BCUT2D eigenvalue weighted by molar-refractivity contribution is 5.80. The van der Waals surface area contributed by atoms with Crippen molar-refractivity contribution in [2.45, 2.75) is 13.5 Å². The van der Waals surface area contributed by atoms with Crippen LogP contribution < -0.4 is 4.57 Å². The Labute approximate surface area is 114 Å². The van der Waals surface area contributed by atoms with E-state index in [4.69, 9.17) is 0 Å². The summed E-state index contributed by atoms with van der Waals surface area (Å²) in [7, 11) is 0. The summed E-state index contributed by atoms with van der Waals surface area (Å²) in [6.45, 7) is 1.77. The molecule has 3 aromatic rings. The molecule has 2 heterocycles. The summed E-state index contributed by atoms with van der Waals surface area (Å²) in [5, 5.41) is 10.9. The summed E-state index contributed by atoms with van der Waals surface area (Å²) in [6, 6.07) is 10.3. The lowest BCUT2D eigenvalue weighted by Gasteiger charge is -1.94. The standard InChI is InChI=1S/C14H12N3O3/c1-10(18)9-16-12-6-5-11(17(19)20)8-13(12)15-7-3-2-4-14(15)16/h2-8H,9H2,1H3/q+1. The first-order valence-corrected chi connectivity index (χ1v) is 6.14. The zero-order valence-electron chi connectivity index (χ0n) is 10.8. The third-order valence-corrected chi connectivity index (χ3v) is 3.22.